The zero-order chi connectivity index (χ0) is 16.2. The quantitative estimate of drug-likeness (QED) is 0.585. The second kappa shape index (κ2) is 6.32. The van der Waals surface area contributed by atoms with Gasteiger partial charge in [-0.15, -0.1) is 10.2 Å². The Morgan fingerprint density at radius 1 is 1.09 bits per heavy atom. The summed E-state index contributed by atoms with van der Waals surface area (Å²) >= 11 is 1.23. The van der Waals surface area contributed by atoms with Crippen LogP contribution in [0, 0.1) is 10.1 Å². The minimum absolute atomic E-state index is 0.139. The average Bonchev–Trinajstić information content (AvgIpc) is 3.04. The Morgan fingerprint density at radius 2 is 1.87 bits per heavy atom. The molecule has 1 aromatic heterocycles. The lowest BCUT2D eigenvalue weighted by Crippen LogP contribution is -2.11. The van der Waals surface area contributed by atoms with Gasteiger partial charge in [0.2, 0.25) is 5.13 Å². The molecule has 0 unspecified atom stereocenters. The first-order valence-corrected chi connectivity index (χ1v) is 7.40. The minimum Gasteiger partial charge on any atom is -0.296 e. The Labute approximate surface area is 134 Å². The van der Waals surface area contributed by atoms with Gasteiger partial charge in [-0.05, 0) is 6.07 Å². The molecule has 0 saturated heterocycles. The highest BCUT2D eigenvalue weighted by atomic mass is 32.1. The molecule has 0 saturated carbocycles. The van der Waals surface area contributed by atoms with Crippen molar-refractivity contribution in [1.29, 1.82) is 0 Å². The number of amides is 1. The highest BCUT2D eigenvalue weighted by Crippen LogP contribution is 2.26. The molecule has 23 heavy (non-hydrogen) atoms. The molecular weight excluding hydrogens is 316 g/mol. The number of nitro benzene ring substituents is 1. The summed E-state index contributed by atoms with van der Waals surface area (Å²) in [5.74, 6) is -0.468. The van der Waals surface area contributed by atoms with E-state index in [1.807, 2.05) is 30.3 Å². The molecule has 0 spiro atoms. The molecule has 3 aromatic rings. The van der Waals surface area contributed by atoms with Crippen molar-refractivity contribution >= 4 is 28.1 Å². The summed E-state index contributed by atoms with van der Waals surface area (Å²) in [5.41, 5.74) is 0.955. The molecule has 0 aliphatic rings. The first kappa shape index (κ1) is 14.8. The van der Waals surface area contributed by atoms with E-state index in [-0.39, 0.29) is 11.3 Å². The van der Waals surface area contributed by atoms with E-state index in [0.29, 0.717) is 10.1 Å². The van der Waals surface area contributed by atoms with Gasteiger partial charge in [0.1, 0.15) is 5.01 Å². The molecule has 1 N–H and O–H groups in total. The van der Waals surface area contributed by atoms with E-state index in [9.17, 15) is 14.9 Å². The van der Waals surface area contributed by atoms with Crippen molar-refractivity contribution in [2.75, 3.05) is 5.32 Å². The predicted octanol–water partition coefficient (Wildman–Crippen LogP) is 3.37. The lowest BCUT2D eigenvalue weighted by molar-refractivity contribution is -0.384. The highest BCUT2D eigenvalue weighted by molar-refractivity contribution is 7.18. The zero-order valence-corrected chi connectivity index (χ0v) is 12.5. The Bertz CT molecular complexity index is 864. The molecule has 0 aliphatic heterocycles. The number of nitro groups is 1. The molecule has 2 aromatic carbocycles. The Hall–Kier alpha value is -3.13. The lowest BCUT2D eigenvalue weighted by atomic mass is 10.2. The Kier molecular flexibility index (Phi) is 4.07. The molecule has 0 fully saturated rings. The van der Waals surface area contributed by atoms with E-state index < -0.39 is 10.8 Å². The SMILES string of the molecule is O=C(Nc1nnc(-c2ccccc2)s1)c1cccc([N+](=O)[O-])c1. The zero-order valence-electron chi connectivity index (χ0n) is 11.7. The summed E-state index contributed by atoms with van der Waals surface area (Å²) in [4.78, 5) is 22.3. The van der Waals surface area contributed by atoms with Crippen molar-refractivity contribution in [2.24, 2.45) is 0 Å². The van der Waals surface area contributed by atoms with E-state index >= 15 is 0 Å². The fourth-order valence-electron chi connectivity index (χ4n) is 1.90. The van der Waals surface area contributed by atoms with Crippen LogP contribution in [0.25, 0.3) is 10.6 Å². The summed E-state index contributed by atoms with van der Waals surface area (Å²) < 4.78 is 0. The maximum atomic E-state index is 12.1. The third-order valence-electron chi connectivity index (χ3n) is 2.99. The molecule has 0 radical (unpaired) electrons. The maximum Gasteiger partial charge on any atom is 0.270 e. The van der Waals surface area contributed by atoms with Crippen LogP contribution in [0.3, 0.4) is 0 Å². The van der Waals surface area contributed by atoms with Crippen molar-refractivity contribution in [3.63, 3.8) is 0 Å². The van der Waals surface area contributed by atoms with Crippen molar-refractivity contribution in [2.45, 2.75) is 0 Å². The summed E-state index contributed by atoms with van der Waals surface area (Å²) in [5, 5.41) is 22.3. The normalized spacial score (nSPS) is 10.3. The minimum atomic E-state index is -0.546. The van der Waals surface area contributed by atoms with Gasteiger partial charge in [-0.2, -0.15) is 0 Å². The number of carbonyl (C=O) groups excluding carboxylic acids is 1. The monoisotopic (exact) mass is 326 g/mol. The van der Waals surface area contributed by atoms with E-state index in [1.54, 1.807) is 0 Å². The molecular formula is C15H10N4O3S. The molecule has 8 heteroatoms. The predicted molar refractivity (Wildman–Crippen MR) is 86.4 cm³/mol. The molecule has 0 bridgehead atoms. The highest BCUT2D eigenvalue weighted by Gasteiger charge is 2.14. The second-order valence-electron chi connectivity index (χ2n) is 4.54. The van der Waals surface area contributed by atoms with Crippen molar-refractivity contribution in [3.8, 4) is 10.6 Å². The van der Waals surface area contributed by atoms with Crippen LogP contribution in [0.4, 0.5) is 10.8 Å². The van der Waals surface area contributed by atoms with Crippen LogP contribution in [-0.4, -0.2) is 21.0 Å². The fraction of sp³-hybridized carbons (Fsp3) is 0. The standard InChI is InChI=1S/C15H10N4O3S/c20-13(11-7-4-8-12(9-11)19(21)22)16-15-18-17-14(23-15)10-5-2-1-3-6-10/h1-9H,(H,16,18,20). The number of non-ortho nitro benzene ring substituents is 1. The van der Waals surface area contributed by atoms with E-state index in [1.165, 1.54) is 35.6 Å². The van der Waals surface area contributed by atoms with Gasteiger partial charge < -0.3 is 0 Å². The molecule has 3 rings (SSSR count). The van der Waals surface area contributed by atoms with Crippen LogP contribution in [0.15, 0.2) is 54.6 Å². The number of nitrogens with one attached hydrogen (secondary N) is 1. The molecule has 1 amide bonds. The van der Waals surface area contributed by atoms with Crippen LogP contribution in [0.2, 0.25) is 0 Å². The number of nitrogens with zero attached hydrogens (tertiary/aromatic N) is 3. The van der Waals surface area contributed by atoms with E-state index in [0.717, 1.165) is 5.56 Å². The van der Waals surface area contributed by atoms with Gasteiger partial charge in [-0.25, -0.2) is 0 Å². The van der Waals surface area contributed by atoms with Gasteiger partial charge in [0.25, 0.3) is 11.6 Å². The number of hydrogen-bond acceptors (Lipinski definition) is 6. The number of benzene rings is 2. The smallest absolute Gasteiger partial charge is 0.270 e. The van der Waals surface area contributed by atoms with Crippen LogP contribution >= 0.6 is 11.3 Å². The van der Waals surface area contributed by atoms with E-state index in [4.69, 9.17) is 0 Å². The Balaban J connectivity index is 1.77. The largest absolute Gasteiger partial charge is 0.296 e. The summed E-state index contributed by atoms with van der Waals surface area (Å²) in [7, 11) is 0. The van der Waals surface area contributed by atoms with Crippen LogP contribution in [0.1, 0.15) is 10.4 Å². The van der Waals surface area contributed by atoms with Crippen LogP contribution < -0.4 is 5.32 Å². The maximum absolute atomic E-state index is 12.1. The van der Waals surface area contributed by atoms with Gasteiger partial charge in [-0.3, -0.25) is 20.2 Å². The molecule has 0 atom stereocenters. The number of aromatic nitrogens is 2. The van der Waals surface area contributed by atoms with Gasteiger partial charge in [0.05, 0.1) is 4.92 Å². The van der Waals surface area contributed by atoms with Crippen LogP contribution in [-0.2, 0) is 0 Å². The number of hydrogen-bond donors (Lipinski definition) is 1. The van der Waals surface area contributed by atoms with Crippen molar-refractivity contribution in [1.82, 2.24) is 10.2 Å². The Morgan fingerprint density at radius 3 is 2.61 bits per heavy atom. The van der Waals surface area contributed by atoms with Gasteiger partial charge in [0, 0.05) is 23.3 Å². The number of anilines is 1. The number of rotatable bonds is 4. The summed E-state index contributed by atoms with van der Waals surface area (Å²) in [6.45, 7) is 0. The first-order valence-electron chi connectivity index (χ1n) is 6.58. The topological polar surface area (TPSA) is 98.0 Å². The first-order chi connectivity index (χ1) is 11.1. The van der Waals surface area contributed by atoms with Gasteiger partial charge in [-0.1, -0.05) is 47.7 Å². The van der Waals surface area contributed by atoms with Crippen LogP contribution in [0.5, 0.6) is 0 Å². The van der Waals surface area contributed by atoms with Gasteiger partial charge >= 0.3 is 0 Å². The second-order valence-corrected chi connectivity index (χ2v) is 5.52. The van der Waals surface area contributed by atoms with E-state index in [2.05, 4.69) is 15.5 Å². The molecule has 1 heterocycles. The molecule has 7 nitrogen and oxygen atoms in total. The summed E-state index contributed by atoms with van der Waals surface area (Å²) in [6, 6.07) is 15.0. The third-order valence-corrected chi connectivity index (χ3v) is 3.87. The summed E-state index contributed by atoms with van der Waals surface area (Å²) in [6.07, 6.45) is 0. The number of carbonyl (C=O) groups is 1. The van der Waals surface area contributed by atoms with Crippen molar-refractivity contribution in [3.05, 3.63) is 70.3 Å². The molecule has 114 valence electrons. The third kappa shape index (κ3) is 3.38. The fourth-order valence-corrected chi connectivity index (χ4v) is 2.65. The average molecular weight is 326 g/mol. The van der Waals surface area contributed by atoms with Crippen molar-refractivity contribution < 1.29 is 9.72 Å². The lowest BCUT2D eigenvalue weighted by Gasteiger charge is -2.00. The molecule has 0 aliphatic carbocycles. The van der Waals surface area contributed by atoms with Gasteiger partial charge in [0.15, 0.2) is 0 Å².